The molecule has 4 saturated carbocycles. The summed E-state index contributed by atoms with van der Waals surface area (Å²) in [6, 6.07) is 0.300. The Morgan fingerprint density at radius 1 is 1.00 bits per heavy atom. The van der Waals surface area contributed by atoms with Crippen molar-refractivity contribution in [1.29, 1.82) is 0 Å². The van der Waals surface area contributed by atoms with E-state index in [1.54, 1.807) is 0 Å². The van der Waals surface area contributed by atoms with Gasteiger partial charge in [-0.05, 0) is 75.7 Å². The summed E-state index contributed by atoms with van der Waals surface area (Å²) in [7, 11) is 0. The van der Waals surface area contributed by atoms with E-state index in [1.807, 2.05) is 0 Å². The molecule has 2 heterocycles. The van der Waals surface area contributed by atoms with Crippen LogP contribution < -0.4 is 5.32 Å². The summed E-state index contributed by atoms with van der Waals surface area (Å²) in [5.41, 5.74) is 0.269. The van der Waals surface area contributed by atoms with Gasteiger partial charge in [0.25, 0.3) is 0 Å². The predicted molar refractivity (Wildman–Crippen MR) is 78.7 cm³/mol. The second-order valence-corrected chi connectivity index (χ2v) is 8.16. The van der Waals surface area contributed by atoms with Crippen LogP contribution in [-0.2, 0) is 5.41 Å². The number of rotatable bonds is 2. The molecule has 5 fully saturated rings. The molecule has 5 aliphatic rings. The van der Waals surface area contributed by atoms with Gasteiger partial charge in [0.15, 0.2) is 5.82 Å². The average molecular weight is 287 g/mol. The van der Waals surface area contributed by atoms with Crippen molar-refractivity contribution in [3.05, 3.63) is 11.7 Å². The number of aromatic nitrogens is 2. The van der Waals surface area contributed by atoms with Crippen LogP contribution in [0.25, 0.3) is 0 Å². The van der Waals surface area contributed by atoms with Crippen molar-refractivity contribution in [2.75, 3.05) is 6.54 Å². The fourth-order valence-electron chi connectivity index (χ4n) is 6.04. The third kappa shape index (κ3) is 1.98. The van der Waals surface area contributed by atoms with E-state index >= 15 is 0 Å². The number of nitrogens with one attached hydrogen (secondary N) is 1. The molecule has 0 spiro atoms. The number of hydrogen-bond donors (Lipinski definition) is 1. The first kappa shape index (κ1) is 12.6. The Labute approximate surface area is 126 Å². The van der Waals surface area contributed by atoms with Gasteiger partial charge in [0.1, 0.15) is 0 Å². The van der Waals surface area contributed by atoms with E-state index in [1.165, 1.54) is 51.4 Å². The van der Waals surface area contributed by atoms with E-state index < -0.39 is 0 Å². The van der Waals surface area contributed by atoms with Gasteiger partial charge in [0, 0.05) is 5.41 Å². The highest BCUT2D eigenvalue weighted by Crippen LogP contribution is 2.60. The summed E-state index contributed by atoms with van der Waals surface area (Å²) in [5.74, 6) is 4.70. The summed E-state index contributed by atoms with van der Waals surface area (Å²) < 4.78 is 5.67. The van der Waals surface area contributed by atoms with Gasteiger partial charge < -0.3 is 9.84 Å². The van der Waals surface area contributed by atoms with Crippen LogP contribution in [0, 0.1) is 17.8 Å². The number of piperidine rings is 1. The van der Waals surface area contributed by atoms with E-state index in [0.717, 1.165) is 42.4 Å². The molecule has 6 rings (SSSR count). The molecule has 1 aromatic heterocycles. The van der Waals surface area contributed by atoms with E-state index in [9.17, 15) is 0 Å². The molecule has 1 atom stereocenters. The molecule has 4 heteroatoms. The first-order valence-corrected chi connectivity index (χ1v) is 8.88. The largest absolute Gasteiger partial charge is 0.338 e. The maximum Gasteiger partial charge on any atom is 0.243 e. The quantitative estimate of drug-likeness (QED) is 0.906. The van der Waals surface area contributed by atoms with Crippen LogP contribution in [0.15, 0.2) is 4.52 Å². The summed E-state index contributed by atoms with van der Waals surface area (Å²) in [5, 5.41) is 7.98. The molecule has 0 amide bonds. The molecular weight excluding hydrogens is 262 g/mol. The van der Waals surface area contributed by atoms with E-state index in [4.69, 9.17) is 9.51 Å². The maximum atomic E-state index is 5.67. The van der Waals surface area contributed by atoms with Gasteiger partial charge in [0.05, 0.1) is 6.04 Å². The summed E-state index contributed by atoms with van der Waals surface area (Å²) in [6.07, 6.45) is 12.0. The lowest BCUT2D eigenvalue weighted by atomic mass is 9.49. The van der Waals surface area contributed by atoms with E-state index in [2.05, 4.69) is 10.5 Å². The predicted octanol–water partition coefficient (Wildman–Crippen LogP) is 3.35. The van der Waals surface area contributed by atoms with Gasteiger partial charge >= 0.3 is 0 Å². The number of hydrogen-bond acceptors (Lipinski definition) is 4. The fraction of sp³-hybridized carbons (Fsp3) is 0.882. The van der Waals surface area contributed by atoms with Gasteiger partial charge in [-0.15, -0.1) is 0 Å². The smallest absolute Gasteiger partial charge is 0.243 e. The Hall–Kier alpha value is -0.900. The van der Waals surface area contributed by atoms with E-state index in [-0.39, 0.29) is 5.41 Å². The van der Waals surface area contributed by atoms with Gasteiger partial charge in [-0.2, -0.15) is 4.98 Å². The van der Waals surface area contributed by atoms with Crippen LogP contribution in [0.2, 0.25) is 0 Å². The molecule has 4 aliphatic carbocycles. The molecule has 1 aliphatic heterocycles. The van der Waals surface area contributed by atoms with Gasteiger partial charge in [-0.3, -0.25) is 0 Å². The van der Waals surface area contributed by atoms with Gasteiger partial charge in [0.2, 0.25) is 5.89 Å². The van der Waals surface area contributed by atoms with Crippen LogP contribution in [0.4, 0.5) is 0 Å². The summed E-state index contributed by atoms with van der Waals surface area (Å²) in [4.78, 5) is 4.88. The average Bonchev–Trinajstić information content (AvgIpc) is 2.97. The summed E-state index contributed by atoms with van der Waals surface area (Å²) in [6.45, 7) is 1.08. The minimum absolute atomic E-state index is 0.269. The lowest BCUT2D eigenvalue weighted by molar-refractivity contribution is -0.0103. The van der Waals surface area contributed by atoms with Crippen molar-refractivity contribution in [2.24, 2.45) is 17.8 Å². The normalized spacial score (nSPS) is 45.1. The molecular formula is C17H25N3O. The van der Waals surface area contributed by atoms with Crippen molar-refractivity contribution in [1.82, 2.24) is 15.5 Å². The Kier molecular flexibility index (Phi) is 2.73. The standard InChI is InChI=1S/C17H25N3O/c1-2-4-18-14(3-1)15-19-16(20-21-15)17-8-11-5-12(9-17)7-13(6-11)10-17/h11-14,18H,1-10H2/t11?,12?,13?,14-,17?/m1/s1. The van der Waals surface area contributed by atoms with Crippen LogP contribution >= 0.6 is 0 Å². The lowest BCUT2D eigenvalue weighted by Gasteiger charge is -2.55. The molecule has 0 unspecified atom stereocenters. The van der Waals surface area contributed by atoms with Crippen molar-refractivity contribution in [3.8, 4) is 0 Å². The SMILES string of the molecule is C1CC[C@H](c2nc(C34CC5CC(CC(C5)C3)C4)no2)NC1. The second-order valence-electron chi connectivity index (χ2n) is 8.16. The molecule has 114 valence electrons. The minimum atomic E-state index is 0.269. The molecule has 1 N–H and O–H groups in total. The molecule has 4 nitrogen and oxygen atoms in total. The van der Waals surface area contributed by atoms with Gasteiger partial charge in [-0.25, -0.2) is 0 Å². The molecule has 1 aromatic rings. The highest BCUT2D eigenvalue weighted by molar-refractivity contribution is 5.17. The topological polar surface area (TPSA) is 51.0 Å². The lowest BCUT2D eigenvalue weighted by Crippen LogP contribution is -2.49. The highest BCUT2D eigenvalue weighted by Gasteiger charge is 2.53. The zero-order valence-electron chi connectivity index (χ0n) is 12.7. The van der Waals surface area contributed by atoms with E-state index in [0.29, 0.717) is 6.04 Å². The Morgan fingerprint density at radius 2 is 1.71 bits per heavy atom. The Balaban J connectivity index is 1.44. The zero-order chi connectivity index (χ0) is 13.9. The van der Waals surface area contributed by atoms with Gasteiger partial charge in [-0.1, -0.05) is 11.6 Å². The van der Waals surface area contributed by atoms with Crippen LogP contribution in [0.3, 0.4) is 0 Å². The molecule has 0 radical (unpaired) electrons. The minimum Gasteiger partial charge on any atom is -0.338 e. The second kappa shape index (κ2) is 4.55. The summed E-state index contributed by atoms with van der Waals surface area (Å²) >= 11 is 0. The monoisotopic (exact) mass is 287 g/mol. The van der Waals surface area contributed by atoms with Crippen molar-refractivity contribution >= 4 is 0 Å². The molecule has 21 heavy (non-hydrogen) atoms. The number of nitrogens with zero attached hydrogens (tertiary/aromatic N) is 2. The highest BCUT2D eigenvalue weighted by atomic mass is 16.5. The first-order chi connectivity index (χ1) is 10.3. The molecule has 4 bridgehead atoms. The fourth-order valence-corrected chi connectivity index (χ4v) is 6.04. The van der Waals surface area contributed by atoms with Crippen molar-refractivity contribution < 1.29 is 4.52 Å². The van der Waals surface area contributed by atoms with Crippen molar-refractivity contribution in [2.45, 2.75) is 69.2 Å². The zero-order valence-corrected chi connectivity index (χ0v) is 12.7. The van der Waals surface area contributed by atoms with Crippen molar-refractivity contribution in [3.63, 3.8) is 0 Å². The van der Waals surface area contributed by atoms with Crippen LogP contribution in [0.1, 0.15) is 75.5 Å². The maximum absolute atomic E-state index is 5.67. The first-order valence-electron chi connectivity index (χ1n) is 8.88. The Bertz CT molecular complexity index is 497. The van der Waals surface area contributed by atoms with Crippen LogP contribution in [0.5, 0.6) is 0 Å². The van der Waals surface area contributed by atoms with Crippen LogP contribution in [-0.4, -0.2) is 16.7 Å². The third-order valence-electron chi connectivity index (χ3n) is 6.56. The Morgan fingerprint density at radius 3 is 2.33 bits per heavy atom. The molecule has 0 aromatic carbocycles. The third-order valence-corrected chi connectivity index (χ3v) is 6.56. The molecule has 1 saturated heterocycles.